The monoisotopic (exact) mass is 278 g/mol. The third-order valence-electron chi connectivity index (χ3n) is 3.42. The van der Waals surface area contributed by atoms with Gasteiger partial charge in [0.2, 0.25) is 5.91 Å². The number of carbonyl (C=O) groups is 1. The van der Waals surface area contributed by atoms with E-state index in [1.807, 2.05) is 29.3 Å². The van der Waals surface area contributed by atoms with E-state index in [0.29, 0.717) is 17.7 Å². The molecule has 1 aromatic carbocycles. The van der Waals surface area contributed by atoms with Gasteiger partial charge in [-0.2, -0.15) is 5.26 Å². The SMILES string of the molecule is N#Cc1cccc(N2C=C3CC=C(N)C=C3NC(=O)C2)c1. The van der Waals surface area contributed by atoms with Crippen molar-refractivity contribution in [2.75, 3.05) is 11.4 Å². The molecule has 0 unspecified atom stereocenters. The Balaban J connectivity index is 2.00. The van der Waals surface area contributed by atoms with E-state index in [1.54, 1.807) is 18.2 Å². The summed E-state index contributed by atoms with van der Waals surface area (Å²) in [5.74, 6) is -0.107. The largest absolute Gasteiger partial charge is 0.399 e. The van der Waals surface area contributed by atoms with Crippen molar-refractivity contribution >= 4 is 11.6 Å². The third kappa shape index (κ3) is 2.65. The van der Waals surface area contributed by atoms with Crippen LogP contribution in [0.4, 0.5) is 5.69 Å². The molecule has 0 bridgehead atoms. The molecule has 21 heavy (non-hydrogen) atoms. The van der Waals surface area contributed by atoms with E-state index in [4.69, 9.17) is 11.0 Å². The Bertz CT molecular complexity index is 737. The van der Waals surface area contributed by atoms with Crippen molar-refractivity contribution in [3.05, 3.63) is 65.1 Å². The molecule has 5 heteroatoms. The Morgan fingerprint density at radius 1 is 1.38 bits per heavy atom. The van der Waals surface area contributed by atoms with Gasteiger partial charge in [-0.15, -0.1) is 0 Å². The fraction of sp³-hybridized carbons (Fsp3) is 0.125. The summed E-state index contributed by atoms with van der Waals surface area (Å²) < 4.78 is 0. The lowest BCUT2D eigenvalue weighted by atomic mass is 10.0. The Morgan fingerprint density at radius 3 is 3.05 bits per heavy atom. The molecule has 0 saturated carbocycles. The van der Waals surface area contributed by atoms with Crippen molar-refractivity contribution in [3.8, 4) is 6.07 Å². The molecule has 1 heterocycles. The van der Waals surface area contributed by atoms with Crippen molar-refractivity contribution in [1.82, 2.24) is 5.32 Å². The molecule has 3 N–H and O–H groups in total. The van der Waals surface area contributed by atoms with Crippen LogP contribution in [0.3, 0.4) is 0 Å². The molecule has 1 aliphatic heterocycles. The molecule has 0 radical (unpaired) electrons. The number of nitrogens with two attached hydrogens (primary N) is 1. The van der Waals surface area contributed by atoms with Gasteiger partial charge in [-0.05, 0) is 36.3 Å². The standard InChI is InChI=1S/C16H14N4O/c17-8-11-2-1-3-14(6-11)20-9-12-4-5-13(18)7-15(12)19-16(21)10-20/h1-3,5-7,9H,4,10,18H2,(H,19,21). The molecule has 0 spiro atoms. The van der Waals surface area contributed by atoms with Crippen LogP contribution in [0, 0.1) is 11.3 Å². The molecule has 1 aliphatic carbocycles. The van der Waals surface area contributed by atoms with E-state index in [-0.39, 0.29) is 12.5 Å². The molecular formula is C16H14N4O. The Hall–Kier alpha value is -3.00. The first-order chi connectivity index (χ1) is 10.2. The number of amides is 1. The molecule has 0 aromatic heterocycles. The molecule has 5 nitrogen and oxygen atoms in total. The van der Waals surface area contributed by atoms with Gasteiger partial charge in [0.15, 0.2) is 0 Å². The van der Waals surface area contributed by atoms with Gasteiger partial charge in [-0.25, -0.2) is 0 Å². The maximum absolute atomic E-state index is 12.0. The molecule has 3 rings (SSSR count). The molecule has 1 amide bonds. The van der Waals surface area contributed by atoms with Gasteiger partial charge in [0, 0.05) is 23.3 Å². The lowest BCUT2D eigenvalue weighted by Gasteiger charge is -2.19. The van der Waals surface area contributed by atoms with Crippen LogP contribution in [0.1, 0.15) is 12.0 Å². The van der Waals surface area contributed by atoms with Gasteiger partial charge >= 0.3 is 0 Å². The van der Waals surface area contributed by atoms with E-state index in [0.717, 1.165) is 17.0 Å². The number of allylic oxidation sites excluding steroid dienone is 3. The van der Waals surface area contributed by atoms with Gasteiger partial charge in [-0.3, -0.25) is 4.79 Å². The highest BCUT2D eigenvalue weighted by molar-refractivity contribution is 5.86. The zero-order valence-corrected chi connectivity index (χ0v) is 11.3. The fourth-order valence-electron chi connectivity index (χ4n) is 2.39. The average Bonchev–Trinajstić information content (AvgIpc) is 2.65. The lowest BCUT2D eigenvalue weighted by molar-refractivity contribution is -0.118. The van der Waals surface area contributed by atoms with Gasteiger partial charge in [0.25, 0.3) is 0 Å². The van der Waals surface area contributed by atoms with Crippen LogP contribution >= 0.6 is 0 Å². The van der Waals surface area contributed by atoms with Gasteiger partial charge in [0.1, 0.15) is 6.54 Å². The summed E-state index contributed by atoms with van der Waals surface area (Å²) >= 11 is 0. The minimum Gasteiger partial charge on any atom is -0.399 e. The van der Waals surface area contributed by atoms with Gasteiger partial charge in [-0.1, -0.05) is 12.1 Å². The number of hydrogen-bond donors (Lipinski definition) is 2. The van der Waals surface area contributed by atoms with Crippen LogP contribution < -0.4 is 16.0 Å². The number of hydrogen-bond acceptors (Lipinski definition) is 4. The molecule has 0 saturated heterocycles. The number of rotatable bonds is 1. The molecule has 0 atom stereocenters. The highest BCUT2D eigenvalue weighted by Gasteiger charge is 2.20. The Morgan fingerprint density at radius 2 is 2.24 bits per heavy atom. The van der Waals surface area contributed by atoms with Crippen molar-refractivity contribution in [3.63, 3.8) is 0 Å². The number of nitrogens with one attached hydrogen (secondary N) is 1. The summed E-state index contributed by atoms with van der Waals surface area (Å²) in [5, 5.41) is 11.9. The number of fused-ring (bicyclic) bond motifs is 1. The van der Waals surface area contributed by atoms with Crippen molar-refractivity contribution < 1.29 is 4.79 Å². The van der Waals surface area contributed by atoms with E-state index in [1.165, 1.54) is 0 Å². The number of nitriles is 1. The van der Waals surface area contributed by atoms with Crippen LogP contribution in [-0.4, -0.2) is 12.5 Å². The molecule has 2 aliphatic rings. The number of benzene rings is 1. The zero-order valence-electron chi connectivity index (χ0n) is 11.3. The molecule has 1 aromatic rings. The fourth-order valence-corrected chi connectivity index (χ4v) is 2.39. The first-order valence-corrected chi connectivity index (χ1v) is 6.61. The second-order valence-electron chi connectivity index (χ2n) is 4.96. The van der Waals surface area contributed by atoms with E-state index < -0.39 is 0 Å². The number of anilines is 1. The minimum absolute atomic E-state index is 0.107. The first-order valence-electron chi connectivity index (χ1n) is 6.61. The number of nitrogens with zero attached hydrogens (tertiary/aromatic N) is 2. The average molecular weight is 278 g/mol. The van der Waals surface area contributed by atoms with Gasteiger partial charge in [0.05, 0.1) is 11.6 Å². The highest BCUT2D eigenvalue weighted by Crippen LogP contribution is 2.25. The number of carbonyl (C=O) groups excluding carboxylic acids is 1. The topological polar surface area (TPSA) is 82.2 Å². The van der Waals surface area contributed by atoms with Crippen LogP contribution in [0.25, 0.3) is 0 Å². The zero-order chi connectivity index (χ0) is 14.8. The van der Waals surface area contributed by atoms with E-state index >= 15 is 0 Å². The minimum atomic E-state index is -0.107. The summed E-state index contributed by atoms with van der Waals surface area (Å²) in [6.07, 6.45) is 6.29. The second kappa shape index (κ2) is 5.17. The van der Waals surface area contributed by atoms with Crippen molar-refractivity contribution in [2.45, 2.75) is 6.42 Å². The third-order valence-corrected chi connectivity index (χ3v) is 3.42. The Kier molecular flexibility index (Phi) is 3.20. The lowest BCUT2D eigenvalue weighted by Crippen LogP contribution is -2.31. The summed E-state index contributed by atoms with van der Waals surface area (Å²) in [7, 11) is 0. The first kappa shape index (κ1) is 13.0. The molecule has 104 valence electrons. The smallest absolute Gasteiger partial charge is 0.244 e. The predicted octanol–water partition coefficient (Wildman–Crippen LogP) is 1.51. The second-order valence-corrected chi connectivity index (χ2v) is 4.96. The van der Waals surface area contributed by atoms with E-state index in [2.05, 4.69) is 11.4 Å². The maximum atomic E-state index is 12.0. The van der Waals surface area contributed by atoms with Crippen LogP contribution in [0.15, 0.2) is 59.6 Å². The predicted molar refractivity (Wildman–Crippen MR) is 79.7 cm³/mol. The van der Waals surface area contributed by atoms with Crippen LogP contribution in [0.5, 0.6) is 0 Å². The summed E-state index contributed by atoms with van der Waals surface area (Å²) in [4.78, 5) is 13.9. The van der Waals surface area contributed by atoms with E-state index in [9.17, 15) is 4.79 Å². The van der Waals surface area contributed by atoms with Crippen LogP contribution in [-0.2, 0) is 4.79 Å². The highest BCUT2D eigenvalue weighted by atomic mass is 16.2. The quantitative estimate of drug-likeness (QED) is 0.815. The van der Waals surface area contributed by atoms with Gasteiger partial charge < -0.3 is 16.0 Å². The maximum Gasteiger partial charge on any atom is 0.244 e. The van der Waals surface area contributed by atoms with Crippen molar-refractivity contribution in [1.29, 1.82) is 5.26 Å². The summed E-state index contributed by atoms with van der Waals surface area (Å²) in [5.41, 5.74) is 9.57. The van der Waals surface area contributed by atoms with Crippen molar-refractivity contribution in [2.24, 2.45) is 5.73 Å². The molecule has 0 fully saturated rings. The Labute approximate surface area is 122 Å². The summed E-state index contributed by atoms with van der Waals surface area (Å²) in [6.45, 7) is 0.204. The summed E-state index contributed by atoms with van der Waals surface area (Å²) in [6, 6.07) is 9.31. The van der Waals surface area contributed by atoms with Crippen LogP contribution in [0.2, 0.25) is 0 Å². The normalized spacial score (nSPS) is 17.6. The molecular weight excluding hydrogens is 264 g/mol.